The average Bonchev–Trinajstić information content (AvgIpc) is 2.05. The van der Waals surface area contributed by atoms with Gasteiger partial charge in [-0.2, -0.15) is 0 Å². The molecule has 1 N–H and O–H groups in total. The third-order valence-electron chi connectivity index (χ3n) is 1.11. The molecular weight excluding hydrogens is 176 g/mol. The first kappa shape index (κ1) is 8.86. The van der Waals surface area contributed by atoms with Crippen molar-refractivity contribution in [3.8, 4) is 0 Å². The highest BCUT2D eigenvalue weighted by atomic mass is 32.2. The molecule has 0 unspecified atom stereocenters. The molecule has 0 aliphatic carbocycles. The van der Waals surface area contributed by atoms with Crippen LogP contribution in [0.3, 0.4) is 0 Å². The maximum Gasteiger partial charge on any atom is 0.451 e. The van der Waals surface area contributed by atoms with Crippen LogP contribution in [0.5, 0.6) is 0 Å². The van der Waals surface area contributed by atoms with E-state index in [4.69, 9.17) is 0 Å². The van der Waals surface area contributed by atoms with Crippen LogP contribution >= 0.6 is 11.8 Å². The predicted molar refractivity (Wildman–Crippen MR) is 44.2 cm³/mol. The Morgan fingerprint density at radius 1 is 1.50 bits per heavy atom. The van der Waals surface area contributed by atoms with Crippen LogP contribution < -0.4 is 5.32 Å². The fourth-order valence-corrected chi connectivity index (χ4v) is 1.28. The van der Waals surface area contributed by atoms with Crippen LogP contribution in [0.25, 0.3) is 0 Å². The number of carbonyl (C=O) groups excluding carboxylic acids is 1. The number of pyridine rings is 1. The molecule has 0 aliphatic rings. The minimum absolute atomic E-state index is 0.298. The highest BCUT2D eigenvalue weighted by Crippen LogP contribution is 2.13. The number of hydrogen-bond acceptors (Lipinski definition) is 3. The van der Waals surface area contributed by atoms with Gasteiger partial charge in [0.15, 0.2) is 0 Å². The Bertz CT molecular complexity index is 253. The largest absolute Gasteiger partial charge is 0.451 e. The Morgan fingerprint density at radius 2 is 2.17 bits per heavy atom. The van der Waals surface area contributed by atoms with E-state index in [2.05, 4.69) is 10.3 Å². The van der Waals surface area contributed by atoms with E-state index in [1.807, 2.05) is 12.1 Å². The molecule has 0 saturated carbocycles. The molecule has 4 nitrogen and oxygen atoms in total. The molecule has 0 atom stereocenters. The van der Waals surface area contributed by atoms with Gasteiger partial charge in [-0.1, -0.05) is 0 Å². The van der Waals surface area contributed by atoms with E-state index in [1.165, 1.54) is 11.8 Å². The Balaban J connectivity index is 2.29. The van der Waals surface area contributed by atoms with Gasteiger partial charge < -0.3 is 5.32 Å². The zero-order chi connectivity index (χ0) is 8.81. The van der Waals surface area contributed by atoms with Crippen molar-refractivity contribution in [1.29, 1.82) is 0 Å². The molecule has 1 radical (unpaired) electrons. The molecule has 0 aliphatic heterocycles. The molecule has 1 amide bonds. The molecule has 1 heterocycles. The fraction of sp³-hybridized carbons (Fsp3) is 0.143. The van der Waals surface area contributed by atoms with Gasteiger partial charge in [-0.25, -0.2) is 9.90 Å². The number of nitrogens with one attached hydrogen (secondary N) is 1. The quantitative estimate of drug-likeness (QED) is 0.567. The highest BCUT2D eigenvalue weighted by Gasteiger charge is 1.96. The van der Waals surface area contributed by atoms with E-state index >= 15 is 0 Å². The Hall–Kier alpha value is -1.23. The number of nitrogens with zero attached hydrogens (tertiary/aromatic N) is 1. The van der Waals surface area contributed by atoms with E-state index in [9.17, 15) is 9.90 Å². The van der Waals surface area contributed by atoms with E-state index in [1.54, 1.807) is 12.4 Å². The second kappa shape index (κ2) is 4.61. The fourth-order valence-electron chi connectivity index (χ4n) is 0.613. The van der Waals surface area contributed by atoms with Crippen LogP contribution in [0.2, 0.25) is 0 Å². The van der Waals surface area contributed by atoms with Gasteiger partial charge in [-0.05, 0) is 12.1 Å². The minimum Gasteiger partial charge on any atom is -0.309 e. The van der Waals surface area contributed by atoms with Crippen molar-refractivity contribution < 1.29 is 9.90 Å². The Labute approximate surface area is 74.0 Å². The van der Waals surface area contributed by atoms with Crippen LogP contribution in [-0.2, 0) is 5.11 Å². The monoisotopic (exact) mass is 183 g/mol. The van der Waals surface area contributed by atoms with Crippen molar-refractivity contribution in [1.82, 2.24) is 10.3 Å². The SMILES string of the molecule is [O]C(=O)NCSc1ccncc1. The maximum absolute atomic E-state index is 9.94. The summed E-state index contributed by atoms with van der Waals surface area (Å²) < 4.78 is 0. The van der Waals surface area contributed by atoms with Crippen molar-refractivity contribution in [3.63, 3.8) is 0 Å². The van der Waals surface area contributed by atoms with Crippen molar-refractivity contribution in [2.45, 2.75) is 4.90 Å². The second-order valence-corrected chi connectivity index (χ2v) is 2.98. The second-order valence-electron chi connectivity index (χ2n) is 1.94. The number of amides is 1. The maximum atomic E-state index is 9.94. The third kappa shape index (κ3) is 3.25. The van der Waals surface area contributed by atoms with E-state index < -0.39 is 6.09 Å². The molecule has 0 saturated heterocycles. The van der Waals surface area contributed by atoms with Gasteiger partial charge >= 0.3 is 6.09 Å². The third-order valence-corrected chi connectivity index (χ3v) is 2.00. The van der Waals surface area contributed by atoms with Crippen molar-refractivity contribution in [2.75, 3.05) is 5.88 Å². The summed E-state index contributed by atoms with van der Waals surface area (Å²) in [5, 5.41) is 12.1. The van der Waals surface area contributed by atoms with Crippen molar-refractivity contribution in [3.05, 3.63) is 24.5 Å². The van der Waals surface area contributed by atoms with Gasteiger partial charge in [0.05, 0.1) is 5.88 Å². The average molecular weight is 183 g/mol. The molecule has 0 spiro atoms. The van der Waals surface area contributed by atoms with E-state index in [-0.39, 0.29) is 0 Å². The number of carbonyl (C=O) groups is 1. The lowest BCUT2D eigenvalue weighted by atomic mass is 10.5. The molecule has 0 bridgehead atoms. The van der Waals surface area contributed by atoms with Crippen LogP contribution in [0.1, 0.15) is 0 Å². The summed E-state index contributed by atoms with van der Waals surface area (Å²) in [5.41, 5.74) is 0. The molecule has 0 fully saturated rings. The normalized spacial score (nSPS) is 9.33. The molecule has 1 rings (SSSR count). The first-order valence-electron chi connectivity index (χ1n) is 3.27. The number of hydrogen-bond donors (Lipinski definition) is 1. The molecule has 1 aromatic rings. The highest BCUT2D eigenvalue weighted by molar-refractivity contribution is 7.99. The summed E-state index contributed by atoms with van der Waals surface area (Å²) in [6.45, 7) is 0. The van der Waals surface area contributed by atoms with Gasteiger partial charge in [0, 0.05) is 17.3 Å². The van der Waals surface area contributed by atoms with Gasteiger partial charge in [-0.3, -0.25) is 4.98 Å². The Morgan fingerprint density at radius 3 is 2.75 bits per heavy atom. The zero-order valence-corrected chi connectivity index (χ0v) is 7.00. The van der Waals surface area contributed by atoms with Crippen LogP contribution in [0, 0.1) is 0 Å². The summed E-state index contributed by atoms with van der Waals surface area (Å²) in [6, 6.07) is 3.61. The Kier molecular flexibility index (Phi) is 3.40. The molecule has 0 aromatic carbocycles. The lowest BCUT2D eigenvalue weighted by molar-refractivity contribution is 0.170. The molecule has 5 heteroatoms. The lowest BCUT2D eigenvalue weighted by Crippen LogP contribution is -2.18. The number of thioether (sulfide) groups is 1. The van der Waals surface area contributed by atoms with Crippen molar-refractivity contribution >= 4 is 17.9 Å². The molecular formula is C7H7N2O2S. The topological polar surface area (TPSA) is 61.9 Å². The summed E-state index contributed by atoms with van der Waals surface area (Å²) in [4.78, 5) is 14.7. The summed E-state index contributed by atoms with van der Waals surface area (Å²) in [6.07, 6.45) is 2.06. The number of rotatable bonds is 3. The summed E-state index contributed by atoms with van der Waals surface area (Å²) >= 11 is 1.38. The molecule has 12 heavy (non-hydrogen) atoms. The van der Waals surface area contributed by atoms with Crippen LogP contribution in [-0.4, -0.2) is 17.0 Å². The lowest BCUT2D eigenvalue weighted by Gasteiger charge is -1.98. The summed E-state index contributed by atoms with van der Waals surface area (Å²) in [7, 11) is 0. The summed E-state index contributed by atoms with van der Waals surface area (Å²) in [5.74, 6) is 0.298. The van der Waals surface area contributed by atoms with Gasteiger partial charge in [-0.15, -0.1) is 11.8 Å². The zero-order valence-electron chi connectivity index (χ0n) is 6.19. The standard InChI is InChI=1S/C7H7N2O2S/c10-7(11)9-5-12-6-1-3-8-4-2-6/h1-4,9H,5H2. The van der Waals surface area contributed by atoms with Gasteiger partial charge in [0.2, 0.25) is 0 Å². The smallest absolute Gasteiger partial charge is 0.309 e. The minimum atomic E-state index is -1.25. The first-order valence-corrected chi connectivity index (χ1v) is 4.25. The molecule has 63 valence electrons. The van der Waals surface area contributed by atoms with Gasteiger partial charge in [0.1, 0.15) is 0 Å². The van der Waals surface area contributed by atoms with Crippen LogP contribution in [0.4, 0.5) is 4.79 Å². The van der Waals surface area contributed by atoms with Crippen molar-refractivity contribution in [2.24, 2.45) is 0 Å². The number of aromatic nitrogens is 1. The predicted octanol–water partition coefficient (Wildman–Crippen LogP) is 1.27. The van der Waals surface area contributed by atoms with E-state index in [0.29, 0.717) is 5.88 Å². The first-order chi connectivity index (χ1) is 5.79. The van der Waals surface area contributed by atoms with E-state index in [0.717, 1.165) is 4.90 Å². The molecule has 1 aromatic heterocycles. The van der Waals surface area contributed by atoms with Gasteiger partial charge in [0.25, 0.3) is 0 Å². The van der Waals surface area contributed by atoms with Crippen LogP contribution in [0.15, 0.2) is 29.4 Å².